The molecule has 2 aromatic rings. The minimum Gasteiger partial charge on any atom is -0.497 e. The van der Waals surface area contributed by atoms with Crippen LogP contribution in [0.3, 0.4) is 0 Å². The molecule has 0 unspecified atom stereocenters. The third kappa shape index (κ3) is 3.11. The summed E-state index contributed by atoms with van der Waals surface area (Å²) in [4.78, 5) is 12.2. The van der Waals surface area contributed by atoms with E-state index in [4.69, 9.17) is 4.74 Å². The van der Waals surface area contributed by atoms with Gasteiger partial charge < -0.3 is 10.1 Å². The van der Waals surface area contributed by atoms with E-state index in [1.807, 2.05) is 24.3 Å². The normalized spacial score (nSPS) is 15.2. The second-order valence-electron chi connectivity index (χ2n) is 5.67. The number of benzene rings is 2. The number of halogens is 1. The summed E-state index contributed by atoms with van der Waals surface area (Å²) < 4.78 is 18.3. The molecule has 0 saturated heterocycles. The fourth-order valence-corrected chi connectivity index (χ4v) is 2.66. The maximum atomic E-state index is 13.2. The predicted octanol–water partition coefficient (Wildman–Crippen LogP) is 3.18. The molecule has 0 bridgehead atoms. The molecule has 1 aliphatic carbocycles. The van der Waals surface area contributed by atoms with Crippen LogP contribution in [0.5, 0.6) is 5.75 Å². The molecule has 114 valence electrons. The maximum absolute atomic E-state index is 13.2. The van der Waals surface area contributed by atoms with E-state index in [9.17, 15) is 9.18 Å². The molecule has 0 atom stereocenters. The summed E-state index contributed by atoms with van der Waals surface area (Å²) in [6, 6.07) is 13.9. The average molecular weight is 299 g/mol. The molecule has 0 radical (unpaired) electrons. The van der Waals surface area contributed by atoms with E-state index < -0.39 is 0 Å². The van der Waals surface area contributed by atoms with Crippen molar-refractivity contribution in [1.29, 1.82) is 0 Å². The molecule has 3 nitrogen and oxygen atoms in total. The number of rotatable bonds is 5. The van der Waals surface area contributed by atoms with Crippen LogP contribution >= 0.6 is 0 Å². The topological polar surface area (TPSA) is 38.3 Å². The quantitative estimate of drug-likeness (QED) is 0.921. The van der Waals surface area contributed by atoms with Crippen LogP contribution in [0.25, 0.3) is 0 Å². The van der Waals surface area contributed by atoms with Gasteiger partial charge in [0.2, 0.25) is 5.91 Å². The highest BCUT2D eigenvalue weighted by molar-refractivity contribution is 5.80. The Morgan fingerprint density at radius 2 is 1.95 bits per heavy atom. The number of hydrogen-bond donors (Lipinski definition) is 1. The summed E-state index contributed by atoms with van der Waals surface area (Å²) in [6.45, 7) is 0. The Morgan fingerprint density at radius 1 is 1.23 bits per heavy atom. The van der Waals surface area contributed by atoms with E-state index in [2.05, 4.69) is 5.32 Å². The molecular formula is C18H18FNO2. The molecule has 1 saturated carbocycles. The number of carbonyl (C=O) groups is 1. The number of methoxy groups -OCH3 is 1. The number of ether oxygens (including phenoxy) is 1. The van der Waals surface area contributed by atoms with Crippen molar-refractivity contribution >= 4 is 5.91 Å². The van der Waals surface area contributed by atoms with Gasteiger partial charge in [-0.1, -0.05) is 24.3 Å². The molecule has 0 aliphatic heterocycles. The zero-order valence-corrected chi connectivity index (χ0v) is 12.4. The van der Waals surface area contributed by atoms with Crippen molar-refractivity contribution in [3.05, 3.63) is 65.5 Å². The van der Waals surface area contributed by atoms with Gasteiger partial charge in [0.15, 0.2) is 0 Å². The molecule has 1 fully saturated rings. The van der Waals surface area contributed by atoms with Crippen molar-refractivity contribution in [2.24, 2.45) is 0 Å². The number of hydrogen-bond acceptors (Lipinski definition) is 2. The first kappa shape index (κ1) is 14.6. The molecule has 0 aromatic heterocycles. The highest BCUT2D eigenvalue weighted by atomic mass is 19.1. The SMILES string of the molecule is COc1ccc(C2(NC(=O)Cc3cccc(F)c3)CC2)cc1. The third-order valence-electron chi connectivity index (χ3n) is 4.03. The van der Waals surface area contributed by atoms with Crippen molar-refractivity contribution in [3.63, 3.8) is 0 Å². The van der Waals surface area contributed by atoms with Crippen molar-refractivity contribution in [1.82, 2.24) is 5.32 Å². The maximum Gasteiger partial charge on any atom is 0.225 e. The second kappa shape index (κ2) is 5.79. The monoisotopic (exact) mass is 299 g/mol. The Balaban J connectivity index is 1.67. The highest BCUT2D eigenvalue weighted by Gasteiger charge is 2.45. The summed E-state index contributed by atoms with van der Waals surface area (Å²) in [5, 5.41) is 3.09. The van der Waals surface area contributed by atoms with Gasteiger partial charge in [-0.05, 0) is 48.2 Å². The van der Waals surface area contributed by atoms with Gasteiger partial charge >= 0.3 is 0 Å². The minimum atomic E-state index is -0.318. The van der Waals surface area contributed by atoms with Gasteiger partial charge in [0.25, 0.3) is 0 Å². The molecule has 22 heavy (non-hydrogen) atoms. The first-order chi connectivity index (χ1) is 10.6. The molecule has 4 heteroatoms. The van der Waals surface area contributed by atoms with Gasteiger partial charge in [0, 0.05) is 0 Å². The molecule has 3 rings (SSSR count). The fourth-order valence-electron chi connectivity index (χ4n) is 2.66. The third-order valence-corrected chi connectivity index (χ3v) is 4.03. The van der Waals surface area contributed by atoms with E-state index in [1.54, 1.807) is 19.2 Å². The summed E-state index contributed by atoms with van der Waals surface area (Å²) in [6.07, 6.45) is 2.04. The smallest absolute Gasteiger partial charge is 0.225 e. The molecule has 0 heterocycles. The highest BCUT2D eigenvalue weighted by Crippen LogP contribution is 2.45. The Labute approximate surface area is 129 Å². The summed E-state index contributed by atoms with van der Waals surface area (Å²) in [7, 11) is 1.63. The molecule has 2 aromatic carbocycles. The van der Waals surface area contributed by atoms with Gasteiger partial charge in [-0.25, -0.2) is 4.39 Å². The number of amides is 1. The standard InChI is InChI=1S/C18H18FNO2/c1-22-16-7-5-14(6-8-16)18(9-10-18)20-17(21)12-13-3-2-4-15(19)11-13/h2-8,11H,9-10,12H2,1H3,(H,20,21). The lowest BCUT2D eigenvalue weighted by atomic mass is 10.0. The van der Waals surface area contributed by atoms with E-state index in [-0.39, 0.29) is 23.7 Å². The van der Waals surface area contributed by atoms with Gasteiger partial charge in [-0.15, -0.1) is 0 Å². The summed E-state index contributed by atoms with van der Waals surface area (Å²) in [5.74, 6) is 0.395. The molecule has 1 amide bonds. The predicted molar refractivity (Wildman–Crippen MR) is 82.2 cm³/mol. The number of nitrogens with one attached hydrogen (secondary N) is 1. The second-order valence-corrected chi connectivity index (χ2v) is 5.67. The molecule has 0 spiro atoms. The van der Waals surface area contributed by atoms with Crippen LogP contribution in [-0.4, -0.2) is 13.0 Å². The van der Waals surface area contributed by atoms with Crippen LogP contribution < -0.4 is 10.1 Å². The van der Waals surface area contributed by atoms with E-state index in [0.717, 1.165) is 24.2 Å². The largest absolute Gasteiger partial charge is 0.497 e. The van der Waals surface area contributed by atoms with Crippen LogP contribution in [0.15, 0.2) is 48.5 Å². The molecular weight excluding hydrogens is 281 g/mol. The molecule has 1 aliphatic rings. The lowest BCUT2D eigenvalue weighted by Gasteiger charge is -2.18. The van der Waals surface area contributed by atoms with Crippen molar-refractivity contribution < 1.29 is 13.9 Å². The van der Waals surface area contributed by atoms with Crippen LogP contribution in [0.2, 0.25) is 0 Å². The lowest BCUT2D eigenvalue weighted by Crippen LogP contribution is -2.35. The Kier molecular flexibility index (Phi) is 3.84. The average Bonchev–Trinajstić information content (AvgIpc) is 3.28. The summed E-state index contributed by atoms with van der Waals surface area (Å²) in [5.41, 5.74) is 1.50. The Hall–Kier alpha value is -2.36. The van der Waals surface area contributed by atoms with Gasteiger partial charge in [-0.2, -0.15) is 0 Å². The first-order valence-electron chi connectivity index (χ1n) is 7.31. The van der Waals surface area contributed by atoms with Gasteiger partial charge in [0.1, 0.15) is 11.6 Å². The van der Waals surface area contributed by atoms with Crippen LogP contribution in [0, 0.1) is 5.82 Å². The summed E-state index contributed by atoms with van der Waals surface area (Å²) >= 11 is 0. The lowest BCUT2D eigenvalue weighted by molar-refractivity contribution is -0.121. The van der Waals surface area contributed by atoms with Crippen LogP contribution in [0.4, 0.5) is 4.39 Å². The van der Waals surface area contributed by atoms with Crippen LogP contribution in [-0.2, 0) is 16.8 Å². The minimum absolute atomic E-state index is 0.0843. The number of carbonyl (C=O) groups excluding carboxylic acids is 1. The van der Waals surface area contributed by atoms with Crippen molar-refractivity contribution in [3.8, 4) is 5.75 Å². The fraction of sp³-hybridized carbons (Fsp3) is 0.278. The zero-order chi connectivity index (χ0) is 15.6. The molecule has 1 N–H and O–H groups in total. The van der Waals surface area contributed by atoms with E-state index >= 15 is 0 Å². The zero-order valence-electron chi connectivity index (χ0n) is 12.4. The van der Waals surface area contributed by atoms with E-state index in [1.165, 1.54) is 12.1 Å². The van der Waals surface area contributed by atoms with Crippen LogP contribution in [0.1, 0.15) is 24.0 Å². The van der Waals surface area contributed by atoms with Gasteiger partial charge in [-0.3, -0.25) is 4.79 Å². The van der Waals surface area contributed by atoms with E-state index in [0.29, 0.717) is 5.56 Å². The van der Waals surface area contributed by atoms with Crippen molar-refractivity contribution in [2.75, 3.05) is 7.11 Å². The van der Waals surface area contributed by atoms with Gasteiger partial charge in [0.05, 0.1) is 19.1 Å². The first-order valence-corrected chi connectivity index (χ1v) is 7.31. The Morgan fingerprint density at radius 3 is 2.55 bits per heavy atom. The Bertz CT molecular complexity index is 678. The van der Waals surface area contributed by atoms with Crippen molar-refractivity contribution in [2.45, 2.75) is 24.8 Å².